The van der Waals surface area contributed by atoms with Crippen molar-refractivity contribution in [2.75, 3.05) is 0 Å². The predicted molar refractivity (Wildman–Crippen MR) is 41.2 cm³/mol. The standard InChI is InChI=1S/C9H12/c1-3-4-5-6-9-7-8(9)2/h3-6,8H,1,7H2,2H3/b5-4-,9-6+. The lowest BCUT2D eigenvalue weighted by atomic mass is 10.4. The summed E-state index contributed by atoms with van der Waals surface area (Å²) in [5.41, 5.74) is 1.56. The first kappa shape index (κ1) is 6.34. The Morgan fingerprint density at radius 2 is 2.22 bits per heavy atom. The van der Waals surface area contributed by atoms with Gasteiger partial charge in [-0.25, -0.2) is 0 Å². The van der Waals surface area contributed by atoms with E-state index in [4.69, 9.17) is 0 Å². The van der Waals surface area contributed by atoms with E-state index in [-0.39, 0.29) is 0 Å². The summed E-state index contributed by atoms with van der Waals surface area (Å²) in [6.45, 7) is 5.82. The Balaban J connectivity index is 2.33. The van der Waals surface area contributed by atoms with Gasteiger partial charge in [-0.2, -0.15) is 0 Å². The highest BCUT2D eigenvalue weighted by Crippen LogP contribution is 2.36. The monoisotopic (exact) mass is 120 g/mol. The molecule has 0 saturated heterocycles. The van der Waals surface area contributed by atoms with Crippen LogP contribution in [-0.2, 0) is 0 Å². The van der Waals surface area contributed by atoms with Gasteiger partial charge in [0.15, 0.2) is 0 Å². The summed E-state index contributed by atoms with van der Waals surface area (Å²) in [6, 6.07) is 0. The quantitative estimate of drug-likeness (QED) is 0.491. The molecule has 0 aromatic heterocycles. The molecule has 0 spiro atoms. The molecule has 0 heteroatoms. The minimum Gasteiger partial charge on any atom is -0.0991 e. The molecule has 9 heavy (non-hydrogen) atoms. The van der Waals surface area contributed by atoms with Gasteiger partial charge in [-0.05, 0) is 12.3 Å². The fourth-order valence-electron chi connectivity index (χ4n) is 0.785. The van der Waals surface area contributed by atoms with E-state index in [1.165, 1.54) is 6.42 Å². The summed E-state index contributed by atoms with van der Waals surface area (Å²) in [4.78, 5) is 0. The fourth-order valence-corrected chi connectivity index (χ4v) is 0.785. The minimum absolute atomic E-state index is 0.847. The van der Waals surface area contributed by atoms with Crippen LogP contribution in [0.5, 0.6) is 0 Å². The Morgan fingerprint density at radius 1 is 1.56 bits per heavy atom. The van der Waals surface area contributed by atoms with Crippen LogP contribution in [0.1, 0.15) is 13.3 Å². The van der Waals surface area contributed by atoms with E-state index in [1.807, 2.05) is 12.2 Å². The summed E-state index contributed by atoms with van der Waals surface area (Å²) >= 11 is 0. The largest absolute Gasteiger partial charge is 0.0991 e. The first-order chi connectivity index (χ1) is 4.34. The van der Waals surface area contributed by atoms with Crippen LogP contribution in [0, 0.1) is 5.92 Å². The minimum atomic E-state index is 0.847. The first-order valence-corrected chi connectivity index (χ1v) is 3.32. The van der Waals surface area contributed by atoms with Crippen molar-refractivity contribution in [1.29, 1.82) is 0 Å². The molecule has 1 aliphatic rings. The average molecular weight is 120 g/mol. The van der Waals surface area contributed by atoms with Crippen LogP contribution in [-0.4, -0.2) is 0 Å². The highest BCUT2D eigenvalue weighted by molar-refractivity contribution is 5.27. The molecule has 0 heterocycles. The molecule has 0 radical (unpaired) electrons. The maximum Gasteiger partial charge on any atom is -0.0191 e. The number of hydrogen-bond acceptors (Lipinski definition) is 0. The van der Waals surface area contributed by atoms with E-state index in [0.29, 0.717) is 0 Å². The van der Waals surface area contributed by atoms with Crippen LogP contribution < -0.4 is 0 Å². The van der Waals surface area contributed by atoms with Crippen molar-refractivity contribution < 1.29 is 0 Å². The second-order valence-corrected chi connectivity index (χ2v) is 2.47. The third-order valence-electron chi connectivity index (χ3n) is 1.57. The van der Waals surface area contributed by atoms with Crippen molar-refractivity contribution in [2.45, 2.75) is 13.3 Å². The summed E-state index contributed by atoms with van der Waals surface area (Å²) < 4.78 is 0. The molecule has 1 rings (SSSR count). The van der Waals surface area contributed by atoms with Gasteiger partial charge in [-0.15, -0.1) is 0 Å². The molecule has 0 aromatic rings. The van der Waals surface area contributed by atoms with E-state index in [2.05, 4.69) is 19.6 Å². The van der Waals surface area contributed by atoms with E-state index in [0.717, 1.165) is 5.92 Å². The van der Waals surface area contributed by atoms with Crippen LogP contribution in [0.3, 0.4) is 0 Å². The molecule has 1 saturated carbocycles. The Kier molecular flexibility index (Phi) is 1.88. The number of hydrogen-bond donors (Lipinski definition) is 0. The highest BCUT2D eigenvalue weighted by atomic mass is 14.3. The molecule has 0 aromatic carbocycles. The van der Waals surface area contributed by atoms with E-state index in [9.17, 15) is 0 Å². The summed E-state index contributed by atoms with van der Waals surface area (Å²) in [5, 5.41) is 0. The van der Waals surface area contributed by atoms with Crippen molar-refractivity contribution in [2.24, 2.45) is 5.92 Å². The fraction of sp³-hybridized carbons (Fsp3) is 0.333. The van der Waals surface area contributed by atoms with Crippen molar-refractivity contribution in [3.8, 4) is 0 Å². The Morgan fingerprint density at radius 3 is 2.67 bits per heavy atom. The van der Waals surface area contributed by atoms with Gasteiger partial charge in [0.1, 0.15) is 0 Å². The van der Waals surface area contributed by atoms with Crippen LogP contribution in [0.25, 0.3) is 0 Å². The lowest BCUT2D eigenvalue weighted by Gasteiger charge is -1.70. The SMILES string of the molecule is C=C/C=C\C=C1/CC1C. The molecule has 0 aliphatic heterocycles. The third kappa shape index (κ3) is 1.88. The van der Waals surface area contributed by atoms with Crippen LogP contribution in [0.2, 0.25) is 0 Å². The molecule has 1 atom stereocenters. The highest BCUT2D eigenvalue weighted by Gasteiger charge is 2.22. The molecule has 48 valence electrons. The smallest absolute Gasteiger partial charge is 0.0191 e. The molecule has 1 unspecified atom stereocenters. The second kappa shape index (κ2) is 2.67. The van der Waals surface area contributed by atoms with Gasteiger partial charge < -0.3 is 0 Å². The third-order valence-corrected chi connectivity index (χ3v) is 1.57. The Bertz CT molecular complexity index is 161. The topological polar surface area (TPSA) is 0 Å². The molecule has 0 N–H and O–H groups in total. The summed E-state index contributed by atoms with van der Waals surface area (Å²) in [6.07, 6.45) is 9.27. The summed E-state index contributed by atoms with van der Waals surface area (Å²) in [7, 11) is 0. The lowest BCUT2D eigenvalue weighted by molar-refractivity contribution is 1.02. The van der Waals surface area contributed by atoms with Crippen molar-refractivity contribution >= 4 is 0 Å². The van der Waals surface area contributed by atoms with Crippen molar-refractivity contribution in [1.82, 2.24) is 0 Å². The van der Waals surface area contributed by atoms with E-state index < -0.39 is 0 Å². The molecule has 1 aliphatic carbocycles. The zero-order chi connectivity index (χ0) is 6.69. The van der Waals surface area contributed by atoms with Crippen LogP contribution in [0.15, 0.2) is 36.5 Å². The molecule has 1 fully saturated rings. The molecular formula is C9H12. The lowest BCUT2D eigenvalue weighted by Crippen LogP contribution is -1.53. The van der Waals surface area contributed by atoms with Gasteiger partial charge in [-0.1, -0.05) is 43.4 Å². The zero-order valence-corrected chi connectivity index (χ0v) is 5.80. The van der Waals surface area contributed by atoms with Gasteiger partial charge in [0.2, 0.25) is 0 Å². The zero-order valence-electron chi connectivity index (χ0n) is 5.80. The van der Waals surface area contributed by atoms with Crippen molar-refractivity contribution in [3.63, 3.8) is 0 Å². The Hall–Kier alpha value is -0.780. The summed E-state index contributed by atoms with van der Waals surface area (Å²) in [5.74, 6) is 0.847. The van der Waals surface area contributed by atoms with Gasteiger partial charge in [0.05, 0.1) is 0 Å². The van der Waals surface area contributed by atoms with Gasteiger partial charge >= 0.3 is 0 Å². The van der Waals surface area contributed by atoms with Gasteiger partial charge in [0.25, 0.3) is 0 Å². The maximum absolute atomic E-state index is 3.58. The normalized spacial score (nSPS) is 29.4. The van der Waals surface area contributed by atoms with E-state index in [1.54, 1.807) is 11.6 Å². The predicted octanol–water partition coefficient (Wildman–Crippen LogP) is 2.69. The number of allylic oxidation sites excluding steroid dienone is 5. The second-order valence-electron chi connectivity index (χ2n) is 2.47. The van der Waals surface area contributed by atoms with Crippen LogP contribution >= 0.6 is 0 Å². The first-order valence-electron chi connectivity index (χ1n) is 3.32. The van der Waals surface area contributed by atoms with Crippen molar-refractivity contribution in [3.05, 3.63) is 36.5 Å². The molecule has 0 amide bonds. The molecular weight excluding hydrogens is 108 g/mol. The van der Waals surface area contributed by atoms with Gasteiger partial charge in [-0.3, -0.25) is 0 Å². The van der Waals surface area contributed by atoms with Gasteiger partial charge in [0, 0.05) is 0 Å². The number of rotatable bonds is 2. The maximum atomic E-state index is 3.58. The molecule has 0 nitrogen and oxygen atoms in total. The Labute approximate surface area is 56.6 Å². The van der Waals surface area contributed by atoms with Crippen LogP contribution in [0.4, 0.5) is 0 Å². The average Bonchev–Trinajstić information content (AvgIpc) is 2.48. The molecule has 0 bridgehead atoms. The van der Waals surface area contributed by atoms with E-state index >= 15 is 0 Å².